The summed E-state index contributed by atoms with van der Waals surface area (Å²) in [6.45, 7) is 0. The fraction of sp³-hybridized carbons (Fsp3) is 0.167. The highest BCUT2D eigenvalue weighted by molar-refractivity contribution is 9.10. The Morgan fingerprint density at radius 2 is 2.00 bits per heavy atom. The summed E-state index contributed by atoms with van der Waals surface area (Å²) in [7, 11) is 0. The number of aliphatic imine (C=N–C) groups is 1. The predicted octanol–water partition coefficient (Wildman–Crippen LogP) is 4.57. The third kappa shape index (κ3) is 3.21. The van der Waals surface area contributed by atoms with Crippen LogP contribution in [0.5, 0.6) is 5.75 Å². The Labute approximate surface area is 157 Å². The van der Waals surface area contributed by atoms with Crippen LogP contribution in [0.25, 0.3) is 0 Å². The predicted molar refractivity (Wildman–Crippen MR) is 103 cm³/mol. The van der Waals surface area contributed by atoms with E-state index in [2.05, 4.69) is 20.9 Å². The lowest BCUT2D eigenvalue weighted by atomic mass is 9.98. The number of aromatic hydroxyl groups is 1. The van der Waals surface area contributed by atoms with Crippen molar-refractivity contribution in [2.75, 3.05) is 5.75 Å². The van der Waals surface area contributed by atoms with E-state index >= 15 is 0 Å². The maximum atomic E-state index is 11.6. The van der Waals surface area contributed by atoms with Crippen molar-refractivity contribution in [1.82, 2.24) is 5.01 Å². The summed E-state index contributed by atoms with van der Waals surface area (Å²) in [5, 5.41) is 16.7. The SMILES string of the molecule is O=C1N=C(N2N=C(c3ccccc3)CC2c2cc(Br)ccc2O)CS1. The van der Waals surface area contributed by atoms with Crippen molar-refractivity contribution in [3.05, 3.63) is 64.1 Å². The Bertz CT molecular complexity index is 898. The van der Waals surface area contributed by atoms with Gasteiger partial charge in [-0.1, -0.05) is 58.0 Å². The number of nitrogens with zero attached hydrogens (tertiary/aromatic N) is 3. The Morgan fingerprint density at radius 3 is 2.72 bits per heavy atom. The van der Waals surface area contributed by atoms with Gasteiger partial charge in [-0.15, -0.1) is 0 Å². The molecule has 0 aromatic heterocycles. The number of phenolic OH excluding ortho intramolecular Hbond substituents is 1. The Morgan fingerprint density at radius 1 is 1.20 bits per heavy atom. The standard InChI is InChI=1S/C18H14BrN3O2S/c19-12-6-7-16(23)13(8-12)15-9-14(11-4-2-1-3-5-11)21-22(15)17-10-25-18(24)20-17/h1-8,15,23H,9-10H2. The average molecular weight is 416 g/mol. The van der Waals surface area contributed by atoms with Crippen molar-refractivity contribution in [3.63, 3.8) is 0 Å². The molecule has 0 saturated heterocycles. The average Bonchev–Trinajstić information content (AvgIpc) is 3.24. The Balaban J connectivity index is 1.76. The first-order valence-electron chi connectivity index (χ1n) is 7.76. The number of amides is 1. The minimum Gasteiger partial charge on any atom is -0.508 e. The lowest BCUT2D eigenvalue weighted by Crippen LogP contribution is -2.27. The molecule has 2 aliphatic rings. The van der Waals surface area contributed by atoms with Gasteiger partial charge in [0.05, 0.1) is 17.5 Å². The van der Waals surface area contributed by atoms with Crippen molar-refractivity contribution in [3.8, 4) is 5.75 Å². The molecular formula is C18H14BrN3O2S. The summed E-state index contributed by atoms with van der Waals surface area (Å²) in [5.74, 6) is 1.33. The second-order valence-corrected chi connectivity index (χ2v) is 7.61. The highest BCUT2D eigenvalue weighted by Crippen LogP contribution is 2.39. The number of rotatable bonds is 2. The van der Waals surface area contributed by atoms with Gasteiger partial charge in [0.15, 0.2) is 0 Å². The molecule has 0 fully saturated rings. The van der Waals surface area contributed by atoms with Gasteiger partial charge in [-0.25, -0.2) is 5.01 Å². The summed E-state index contributed by atoms with van der Waals surface area (Å²) >= 11 is 4.63. The van der Waals surface area contributed by atoms with Gasteiger partial charge in [-0.3, -0.25) is 4.79 Å². The number of halogens is 1. The van der Waals surface area contributed by atoms with Crippen LogP contribution in [0.4, 0.5) is 4.79 Å². The van der Waals surface area contributed by atoms with E-state index in [1.54, 1.807) is 17.1 Å². The summed E-state index contributed by atoms with van der Waals surface area (Å²) in [6, 6.07) is 15.1. The van der Waals surface area contributed by atoms with E-state index in [1.165, 1.54) is 11.8 Å². The van der Waals surface area contributed by atoms with Gasteiger partial charge in [0.25, 0.3) is 0 Å². The van der Waals surface area contributed by atoms with Gasteiger partial charge in [-0.05, 0) is 23.8 Å². The van der Waals surface area contributed by atoms with E-state index < -0.39 is 0 Å². The van der Waals surface area contributed by atoms with E-state index in [1.807, 2.05) is 36.4 Å². The zero-order chi connectivity index (χ0) is 17.4. The smallest absolute Gasteiger partial charge is 0.307 e. The number of phenols is 1. The van der Waals surface area contributed by atoms with Crippen LogP contribution in [0.2, 0.25) is 0 Å². The van der Waals surface area contributed by atoms with Crippen LogP contribution in [0.3, 0.4) is 0 Å². The first-order chi connectivity index (χ1) is 12.1. The molecule has 0 bridgehead atoms. The van der Waals surface area contributed by atoms with E-state index in [0.717, 1.165) is 21.3 Å². The lowest BCUT2D eigenvalue weighted by Gasteiger charge is -2.23. The third-order valence-electron chi connectivity index (χ3n) is 4.18. The molecule has 2 aliphatic heterocycles. The normalized spacial score (nSPS) is 20.0. The van der Waals surface area contributed by atoms with Gasteiger partial charge in [0, 0.05) is 16.5 Å². The van der Waals surface area contributed by atoms with Crippen LogP contribution in [0.15, 0.2) is 63.1 Å². The highest BCUT2D eigenvalue weighted by Gasteiger charge is 2.35. The van der Waals surface area contributed by atoms with E-state index in [9.17, 15) is 9.90 Å². The Kier molecular flexibility index (Phi) is 4.35. The monoisotopic (exact) mass is 415 g/mol. The number of thioether (sulfide) groups is 1. The van der Waals surface area contributed by atoms with Crippen molar-refractivity contribution >= 4 is 44.5 Å². The van der Waals surface area contributed by atoms with Gasteiger partial charge in [-0.2, -0.15) is 10.1 Å². The maximum absolute atomic E-state index is 11.6. The zero-order valence-electron chi connectivity index (χ0n) is 13.1. The van der Waals surface area contributed by atoms with E-state index in [4.69, 9.17) is 5.10 Å². The second kappa shape index (κ2) is 6.65. The molecule has 0 aliphatic carbocycles. The van der Waals surface area contributed by atoms with Crippen LogP contribution in [-0.4, -0.2) is 32.7 Å². The van der Waals surface area contributed by atoms with Crippen LogP contribution >= 0.6 is 27.7 Å². The summed E-state index contributed by atoms with van der Waals surface area (Å²) < 4.78 is 0.882. The molecule has 1 N–H and O–H groups in total. The quantitative estimate of drug-likeness (QED) is 0.779. The van der Waals surface area contributed by atoms with Crippen molar-refractivity contribution in [2.24, 2.45) is 10.1 Å². The molecular weight excluding hydrogens is 402 g/mol. The number of hydrogen-bond acceptors (Lipinski definition) is 5. The topological polar surface area (TPSA) is 65.3 Å². The molecule has 0 saturated carbocycles. The molecule has 2 aromatic rings. The van der Waals surface area contributed by atoms with Gasteiger partial charge in [0.1, 0.15) is 11.6 Å². The minimum absolute atomic E-state index is 0.196. The number of amidine groups is 1. The zero-order valence-corrected chi connectivity index (χ0v) is 15.5. The number of hydrogen-bond donors (Lipinski definition) is 1. The number of hydrazone groups is 1. The van der Waals surface area contributed by atoms with Crippen LogP contribution in [0.1, 0.15) is 23.6 Å². The molecule has 0 spiro atoms. The molecule has 1 atom stereocenters. The van der Waals surface area contributed by atoms with Gasteiger partial charge < -0.3 is 5.11 Å². The van der Waals surface area contributed by atoms with E-state index in [-0.39, 0.29) is 17.0 Å². The van der Waals surface area contributed by atoms with Crippen molar-refractivity contribution in [1.29, 1.82) is 0 Å². The van der Waals surface area contributed by atoms with Crippen LogP contribution in [0, 0.1) is 0 Å². The molecule has 7 heteroatoms. The van der Waals surface area contributed by atoms with Gasteiger partial charge in [0.2, 0.25) is 0 Å². The lowest BCUT2D eigenvalue weighted by molar-refractivity contribution is 0.267. The maximum Gasteiger partial charge on any atom is 0.307 e. The van der Waals surface area contributed by atoms with Crippen molar-refractivity contribution < 1.29 is 9.90 Å². The largest absolute Gasteiger partial charge is 0.508 e. The fourth-order valence-corrected chi connectivity index (χ4v) is 4.00. The molecule has 2 heterocycles. The molecule has 1 unspecified atom stereocenters. The summed E-state index contributed by atoms with van der Waals surface area (Å²) in [5.41, 5.74) is 2.70. The molecule has 126 valence electrons. The van der Waals surface area contributed by atoms with Crippen LogP contribution < -0.4 is 0 Å². The fourth-order valence-electron chi connectivity index (χ4n) is 3.00. The number of benzene rings is 2. The molecule has 1 amide bonds. The van der Waals surface area contributed by atoms with Gasteiger partial charge >= 0.3 is 5.24 Å². The van der Waals surface area contributed by atoms with Crippen molar-refractivity contribution in [2.45, 2.75) is 12.5 Å². The molecule has 0 radical (unpaired) electrons. The molecule has 25 heavy (non-hydrogen) atoms. The number of carbonyl (C=O) groups is 1. The summed E-state index contributed by atoms with van der Waals surface area (Å²) in [6.07, 6.45) is 0.631. The minimum atomic E-state index is -0.199. The van der Waals surface area contributed by atoms with E-state index in [0.29, 0.717) is 18.0 Å². The molecule has 5 nitrogen and oxygen atoms in total. The second-order valence-electron chi connectivity index (χ2n) is 5.76. The molecule has 4 rings (SSSR count). The Hall–Kier alpha value is -2.12. The third-order valence-corrected chi connectivity index (χ3v) is 5.41. The van der Waals surface area contributed by atoms with Crippen LogP contribution in [-0.2, 0) is 0 Å². The molecule has 2 aromatic carbocycles. The first kappa shape index (κ1) is 16.4. The first-order valence-corrected chi connectivity index (χ1v) is 9.54. The summed E-state index contributed by atoms with van der Waals surface area (Å²) in [4.78, 5) is 15.7. The highest BCUT2D eigenvalue weighted by atomic mass is 79.9. The number of carbonyl (C=O) groups excluding carboxylic acids is 1.